The number of nitro groups is 1. The van der Waals surface area contributed by atoms with E-state index in [9.17, 15) is 14.5 Å². The smallest absolute Gasteiger partial charge is 0.269 e. The van der Waals surface area contributed by atoms with E-state index in [1.165, 1.54) is 24.3 Å². The summed E-state index contributed by atoms with van der Waals surface area (Å²) in [7, 11) is 0. The third-order valence-electron chi connectivity index (χ3n) is 2.98. The van der Waals surface area contributed by atoms with Gasteiger partial charge in [0.25, 0.3) is 5.69 Å². The summed E-state index contributed by atoms with van der Waals surface area (Å²) in [6.07, 6.45) is 0. The molecule has 5 nitrogen and oxygen atoms in total. The van der Waals surface area contributed by atoms with Crippen molar-refractivity contribution in [3.8, 4) is 5.75 Å². The molecule has 0 aliphatic heterocycles. The lowest BCUT2D eigenvalue weighted by molar-refractivity contribution is -0.384. The highest BCUT2D eigenvalue weighted by Crippen LogP contribution is 2.26. The van der Waals surface area contributed by atoms with Crippen LogP contribution in [-0.4, -0.2) is 4.92 Å². The van der Waals surface area contributed by atoms with Gasteiger partial charge in [0.1, 0.15) is 18.2 Å². The first-order chi connectivity index (χ1) is 9.97. The molecule has 0 aliphatic rings. The number of hydrogen-bond acceptors (Lipinski definition) is 4. The van der Waals surface area contributed by atoms with Gasteiger partial charge in [-0.15, -0.1) is 0 Å². The Morgan fingerprint density at radius 2 is 2.10 bits per heavy atom. The molecule has 2 aromatic rings. The Labute approximate surface area is 121 Å². The topological polar surface area (TPSA) is 78.4 Å². The second kappa shape index (κ2) is 6.32. The van der Waals surface area contributed by atoms with Gasteiger partial charge in [0.05, 0.1) is 4.92 Å². The Bertz CT molecular complexity index is 659. The van der Waals surface area contributed by atoms with E-state index in [0.717, 1.165) is 0 Å². The van der Waals surface area contributed by atoms with Crippen molar-refractivity contribution in [1.82, 2.24) is 0 Å². The lowest BCUT2D eigenvalue weighted by Gasteiger charge is -2.14. The van der Waals surface area contributed by atoms with Gasteiger partial charge in [-0.1, -0.05) is 18.2 Å². The maximum Gasteiger partial charge on any atom is 0.269 e. The van der Waals surface area contributed by atoms with Crippen molar-refractivity contribution < 1.29 is 14.1 Å². The molecule has 6 heteroatoms. The van der Waals surface area contributed by atoms with E-state index in [4.69, 9.17) is 10.5 Å². The second-order valence-electron chi connectivity index (χ2n) is 4.69. The van der Waals surface area contributed by atoms with Crippen LogP contribution in [0.25, 0.3) is 0 Å². The molecule has 2 aromatic carbocycles. The minimum absolute atomic E-state index is 0.0113. The molecule has 0 saturated carbocycles. The summed E-state index contributed by atoms with van der Waals surface area (Å²) < 4.78 is 18.9. The van der Waals surface area contributed by atoms with Gasteiger partial charge in [-0.25, -0.2) is 4.39 Å². The Hall–Kier alpha value is -2.47. The van der Waals surface area contributed by atoms with E-state index in [0.29, 0.717) is 16.9 Å². The Balaban J connectivity index is 2.18. The quantitative estimate of drug-likeness (QED) is 0.676. The molecule has 0 aliphatic carbocycles. The van der Waals surface area contributed by atoms with Crippen LogP contribution in [0.1, 0.15) is 24.1 Å². The molecular formula is C15H15FN2O3. The molecule has 110 valence electrons. The number of nitro benzene ring substituents is 1. The maximum atomic E-state index is 13.3. The highest BCUT2D eigenvalue weighted by atomic mass is 19.1. The largest absolute Gasteiger partial charge is 0.488 e. The van der Waals surface area contributed by atoms with Crippen LogP contribution in [0, 0.1) is 15.9 Å². The maximum absolute atomic E-state index is 13.3. The average Bonchev–Trinajstić information content (AvgIpc) is 2.45. The van der Waals surface area contributed by atoms with Crippen molar-refractivity contribution in [3.63, 3.8) is 0 Å². The van der Waals surface area contributed by atoms with Crippen LogP contribution in [0.2, 0.25) is 0 Å². The molecule has 0 aromatic heterocycles. The Kier molecular flexibility index (Phi) is 4.49. The number of non-ortho nitro benzene ring substituents is 1. The van der Waals surface area contributed by atoms with Crippen molar-refractivity contribution in [2.45, 2.75) is 19.6 Å². The van der Waals surface area contributed by atoms with Crippen molar-refractivity contribution in [2.75, 3.05) is 0 Å². The molecular weight excluding hydrogens is 275 g/mol. The highest BCUT2D eigenvalue weighted by molar-refractivity contribution is 5.37. The monoisotopic (exact) mass is 290 g/mol. The van der Waals surface area contributed by atoms with E-state index in [1.807, 2.05) is 0 Å². The lowest BCUT2D eigenvalue weighted by atomic mass is 10.1. The van der Waals surface area contributed by atoms with Crippen LogP contribution in [0.4, 0.5) is 10.1 Å². The fourth-order valence-corrected chi connectivity index (χ4v) is 1.93. The lowest BCUT2D eigenvalue weighted by Crippen LogP contribution is -2.08. The van der Waals surface area contributed by atoms with Crippen molar-refractivity contribution in [1.29, 1.82) is 0 Å². The average molecular weight is 290 g/mol. The van der Waals surface area contributed by atoms with Crippen LogP contribution >= 0.6 is 0 Å². The fourth-order valence-electron chi connectivity index (χ4n) is 1.93. The molecule has 0 amide bonds. The highest BCUT2D eigenvalue weighted by Gasteiger charge is 2.11. The van der Waals surface area contributed by atoms with E-state index in [-0.39, 0.29) is 18.3 Å². The number of benzene rings is 2. The SMILES string of the molecule is CC(N)c1ccc(F)cc1OCc1cccc([N+](=O)[O-])c1. The van der Waals surface area contributed by atoms with Gasteiger partial charge >= 0.3 is 0 Å². The van der Waals surface area contributed by atoms with Crippen LogP contribution in [-0.2, 0) is 6.61 Å². The second-order valence-corrected chi connectivity index (χ2v) is 4.69. The van der Waals surface area contributed by atoms with Crippen LogP contribution in [0.15, 0.2) is 42.5 Å². The molecule has 2 rings (SSSR count). The molecule has 21 heavy (non-hydrogen) atoms. The van der Waals surface area contributed by atoms with Gasteiger partial charge in [0.2, 0.25) is 0 Å². The minimum atomic E-state index is -0.473. The first-order valence-corrected chi connectivity index (χ1v) is 6.38. The molecule has 1 unspecified atom stereocenters. The van der Waals surface area contributed by atoms with Crippen LogP contribution in [0.5, 0.6) is 5.75 Å². The molecule has 1 atom stereocenters. The van der Waals surface area contributed by atoms with E-state index in [2.05, 4.69) is 0 Å². The predicted molar refractivity (Wildman–Crippen MR) is 76.4 cm³/mol. The van der Waals surface area contributed by atoms with Crippen molar-refractivity contribution in [2.24, 2.45) is 5.73 Å². The van der Waals surface area contributed by atoms with E-state index >= 15 is 0 Å². The standard InChI is InChI=1S/C15H15FN2O3/c1-10(17)14-6-5-12(16)8-15(14)21-9-11-3-2-4-13(7-11)18(19)20/h2-8,10H,9,17H2,1H3. The van der Waals surface area contributed by atoms with Crippen LogP contribution in [0.3, 0.4) is 0 Å². The first-order valence-electron chi connectivity index (χ1n) is 6.38. The number of nitrogens with two attached hydrogens (primary N) is 1. The number of ether oxygens (including phenoxy) is 1. The predicted octanol–water partition coefficient (Wildman–Crippen LogP) is 3.33. The minimum Gasteiger partial charge on any atom is -0.488 e. The summed E-state index contributed by atoms with van der Waals surface area (Å²) in [4.78, 5) is 10.2. The molecule has 0 spiro atoms. The van der Waals surface area contributed by atoms with Gasteiger partial charge in [-0.3, -0.25) is 10.1 Å². The number of hydrogen-bond donors (Lipinski definition) is 1. The first kappa shape index (κ1) is 14.9. The number of nitrogens with zero attached hydrogens (tertiary/aromatic N) is 1. The summed E-state index contributed by atoms with van der Waals surface area (Å²) >= 11 is 0. The summed E-state index contributed by atoms with van der Waals surface area (Å²) in [6, 6.07) is 9.96. The zero-order valence-electron chi connectivity index (χ0n) is 11.5. The van der Waals surface area contributed by atoms with Crippen molar-refractivity contribution >= 4 is 5.69 Å². The zero-order valence-corrected chi connectivity index (χ0v) is 11.5. The van der Waals surface area contributed by atoms with Gasteiger partial charge < -0.3 is 10.5 Å². The Morgan fingerprint density at radius 1 is 1.33 bits per heavy atom. The summed E-state index contributed by atoms with van der Waals surface area (Å²) in [5, 5.41) is 10.7. The fraction of sp³-hybridized carbons (Fsp3) is 0.200. The summed E-state index contributed by atoms with van der Waals surface area (Å²) in [6.45, 7) is 1.87. The van der Waals surface area contributed by atoms with E-state index < -0.39 is 10.7 Å². The third-order valence-corrected chi connectivity index (χ3v) is 2.98. The summed E-state index contributed by atoms with van der Waals surface area (Å²) in [5.41, 5.74) is 7.11. The van der Waals surface area contributed by atoms with Crippen LogP contribution < -0.4 is 10.5 Å². The molecule has 0 heterocycles. The molecule has 0 fully saturated rings. The van der Waals surface area contributed by atoms with Gasteiger partial charge in [-0.05, 0) is 18.6 Å². The summed E-state index contributed by atoms with van der Waals surface area (Å²) in [5.74, 6) is -0.0788. The van der Waals surface area contributed by atoms with Crippen molar-refractivity contribution in [3.05, 3.63) is 69.5 Å². The molecule has 0 saturated heterocycles. The normalized spacial score (nSPS) is 12.0. The van der Waals surface area contributed by atoms with Gasteiger partial charge in [-0.2, -0.15) is 0 Å². The molecule has 0 radical (unpaired) electrons. The number of halogens is 1. The van der Waals surface area contributed by atoms with Gasteiger partial charge in [0, 0.05) is 29.8 Å². The number of rotatable bonds is 5. The zero-order chi connectivity index (χ0) is 15.4. The van der Waals surface area contributed by atoms with Gasteiger partial charge in [0.15, 0.2) is 0 Å². The Morgan fingerprint density at radius 3 is 2.76 bits per heavy atom. The third kappa shape index (κ3) is 3.76. The molecule has 0 bridgehead atoms. The molecule has 2 N–H and O–H groups in total. The van der Waals surface area contributed by atoms with E-state index in [1.54, 1.807) is 25.1 Å².